The molecule has 0 bridgehead atoms. The topological polar surface area (TPSA) is 68.5 Å². The Balaban J connectivity index is 1.53. The van der Waals surface area contributed by atoms with Crippen molar-refractivity contribution in [3.63, 3.8) is 0 Å². The van der Waals surface area contributed by atoms with Crippen LogP contribution < -0.4 is 5.32 Å². The van der Waals surface area contributed by atoms with Crippen LogP contribution >= 0.6 is 0 Å². The fourth-order valence-corrected chi connectivity index (χ4v) is 2.92. The third-order valence-electron chi connectivity index (χ3n) is 4.10. The summed E-state index contributed by atoms with van der Waals surface area (Å²) in [6.45, 7) is 0.631. The largest absolute Gasteiger partial charge is 0.371 e. The minimum Gasteiger partial charge on any atom is -0.371 e. The number of aromatic nitrogens is 3. The van der Waals surface area contributed by atoms with Gasteiger partial charge in [0, 0.05) is 36.3 Å². The maximum absolute atomic E-state index is 12.5. The van der Waals surface area contributed by atoms with Gasteiger partial charge in [-0.3, -0.25) is 9.78 Å². The van der Waals surface area contributed by atoms with Crippen LogP contribution in [0.1, 0.15) is 28.4 Å². The molecule has 3 aromatic rings. The molecule has 0 aliphatic carbocycles. The number of carbonyl (C=O) groups excluding carboxylic acids is 1. The highest BCUT2D eigenvalue weighted by Crippen LogP contribution is 2.28. The summed E-state index contributed by atoms with van der Waals surface area (Å²) in [6, 6.07) is 7.42. The van der Waals surface area contributed by atoms with E-state index in [0.717, 1.165) is 17.5 Å². The molecular formula is C17H16N4O2. The van der Waals surface area contributed by atoms with Gasteiger partial charge in [0.2, 0.25) is 0 Å². The predicted octanol–water partition coefficient (Wildman–Crippen LogP) is 1.99. The number of imidazole rings is 1. The van der Waals surface area contributed by atoms with Crippen LogP contribution in [0, 0.1) is 0 Å². The lowest BCUT2D eigenvalue weighted by Crippen LogP contribution is -2.36. The summed E-state index contributed by atoms with van der Waals surface area (Å²) in [6.07, 6.45) is 9.43. The van der Waals surface area contributed by atoms with E-state index < -0.39 is 0 Å². The van der Waals surface area contributed by atoms with Crippen molar-refractivity contribution in [1.82, 2.24) is 19.7 Å². The summed E-state index contributed by atoms with van der Waals surface area (Å²) in [5.41, 5.74) is 2.50. The van der Waals surface area contributed by atoms with E-state index in [0.29, 0.717) is 12.2 Å². The monoisotopic (exact) mass is 308 g/mol. The molecule has 6 heteroatoms. The number of pyridine rings is 2. The Morgan fingerprint density at radius 2 is 2.26 bits per heavy atom. The van der Waals surface area contributed by atoms with Crippen LogP contribution in [-0.2, 0) is 4.74 Å². The van der Waals surface area contributed by atoms with E-state index in [-0.39, 0.29) is 18.1 Å². The van der Waals surface area contributed by atoms with Crippen molar-refractivity contribution in [2.75, 3.05) is 6.61 Å². The maximum atomic E-state index is 12.5. The van der Waals surface area contributed by atoms with Gasteiger partial charge in [0.1, 0.15) is 6.10 Å². The van der Waals surface area contributed by atoms with Gasteiger partial charge in [-0.15, -0.1) is 0 Å². The zero-order valence-corrected chi connectivity index (χ0v) is 12.4. The van der Waals surface area contributed by atoms with Crippen LogP contribution in [0.5, 0.6) is 0 Å². The fraction of sp³-hybridized carbons (Fsp3) is 0.235. The predicted molar refractivity (Wildman–Crippen MR) is 84.0 cm³/mol. The van der Waals surface area contributed by atoms with Crippen molar-refractivity contribution in [3.8, 4) is 0 Å². The van der Waals surface area contributed by atoms with E-state index in [1.807, 2.05) is 28.8 Å². The first-order valence-electron chi connectivity index (χ1n) is 7.55. The maximum Gasteiger partial charge on any atom is 0.251 e. The molecule has 0 spiro atoms. The first-order chi connectivity index (χ1) is 11.3. The summed E-state index contributed by atoms with van der Waals surface area (Å²) in [4.78, 5) is 20.7. The molecule has 4 rings (SSSR count). The quantitative estimate of drug-likeness (QED) is 0.803. The Labute approximate surface area is 133 Å². The number of amides is 1. The van der Waals surface area contributed by atoms with Gasteiger partial charge in [0.25, 0.3) is 5.91 Å². The van der Waals surface area contributed by atoms with E-state index in [9.17, 15) is 4.79 Å². The summed E-state index contributed by atoms with van der Waals surface area (Å²) < 4.78 is 7.65. The molecule has 4 heterocycles. The molecule has 3 aromatic heterocycles. The fourth-order valence-electron chi connectivity index (χ4n) is 2.92. The van der Waals surface area contributed by atoms with E-state index >= 15 is 0 Å². The molecule has 2 atom stereocenters. The second-order valence-corrected chi connectivity index (χ2v) is 5.59. The number of rotatable bonds is 3. The summed E-state index contributed by atoms with van der Waals surface area (Å²) in [5.74, 6) is -0.0990. The number of ether oxygens (including phenoxy) is 1. The second-order valence-electron chi connectivity index (χ2n) is 5.59. The first-order valence-corrected chi connectivity index (χ1v) is 7.55. The van der Waals surface area contributed by atoms with Gasteiger partial charge in [-0.2, -0.15) is 0 Å². The Kier molecular flexibility index (Phi) is 3.51. The highest BCUT2D eigenvalue weighted by Gasteiger charge is 2.31. The number of nitrogens with zero attached hydrogens (tertiary/aromatic N) is 3. The third-order valence-corrected chi connectivity index (χ3v) is 4.10. The molecule has 0 unspecified atom stereocenters. The number of hydrogen-bond donors (Lipinski definition) is 1. The average molecular weight is 308 g/mol. The highest BCUT2D eigenvalue weighted by atomic mass is 16.5. The van der Waals surface area contributed by atoms with Gasteiger partial charge in [-0.1, -0.05) is 6.07 Å². The van der Waals surface area contributed by atoms with E-state index in [1.165, 1.54) is 0 Å². The van der Waals surface area contributed by atoms with E-state index in [1.54, 1.807) is 31.0 Å². The van der Waals surface area contributed by atoms with Crippen LogP contribution in [0.2, 0.25) is 0 Å². The molecule has 23 heavy (non-hydrogen) atoms. The van der Waals surface area contributed by atoms with Crippen LogP contribution in [0.15, 0.2) is 55.4 Å². The van der Waals surface area contributed by atoms with Crippen molar-refractivity contribution in [1.29, 1.82) is 0 Å². The van der Waals surface area contributed by atoms with Crippen molar-refractivity contribution in [2.45, 2.75) is 18.6 Å². The van der Waals surface area contributed by atoms with Gasteiger partial charge < -0.3 is 14.5 Å². The van der Waals surface area contributed by atoms with Gasteiger partial charge >= 0.3 is 0 Å². The number of hydrogen-bond acceptors (Lipinski definition) is 4. The Morgan fingerprint density at radius 1 is 1.30 bits per heavy atom. The van der Waals surface area contributed by atoms with Crippen molar-refractivity contribution < 1.29 is 9.53 Å². The Morgan fingerprint density at radius 3 is 3.13 bits per heavy atom. The standard InChI is InChI=1S/C17H16N4O2/c22-17(12-3-6-21-11-19-10-14(21)8-12)20-15-4-7-23-16(15)13-2-1-5-18-9-13/h1-3,5-6,8-11,15-16H,4,7H2,(H,20,22)/t15-,16+/m0/s1. The van der Waals surface area contributed by atoms with Crippen LogP contribution in [0.4, 0.5) is 0 Å². The van der Waals surface area contributed by atoms with Crippen molar-refractivity contribution in [2.24, 2.45) is 0 Å². The molecule has 1 aliphatic rings. The molecule has 1 saturated heterocycles. The smallest absolute Gasteiger partial charge is 0.251 e. The minimum absolute atomic E-state index is 0.0483. The van der Waals surface area contributed by atoms with Crippen LogP contribution in [0.25, 0.3) is 5.52 Å². The third kappa shape index (κ3) is 2.68. The lowest BCUT2D eigenvalue weighted by molar-refractivity contribution is 0.0820. The van der Waals surface area contributed by atoms with Crippen molar-refractivity contribution in [3.05, 3.63) is 66.5 Å². The zero-order valence-electron chi connectivity index (χ0n) is 12.4. The van der Waals surface area contributed by atoms with Gasteiger partial charge in [-0.05, 0) is 24.6 Å². The Hall–Kier alpha value is -2.73. The van der Waals surface area contributed by atoms with Gasteiger partial charge in [0.15, 0.2) is 0 Å². The average Bonchev–Trinajstić information content (AvgIpc) is 3.23. The summed E-state index contributed by atoms with van der Waals surface area (Å²) in [5, 5.41) is 3.08. The minimum atomic E-state index is -0.147. The highest BCUT2D eigenvalue weighted by molar-refractivity contribution is 5.95. The SMILES string of the molecule is O=C(N[C@H]1CCO[C@@H]1c1cccnc1)c1ccn2cncc2c1. The molecule has 0 radical (unpaired) electrons. The number of fused-ring (bicyclic) bond motifs is 1. The van der Waals surface area contributed by atoms with E-state index in [4.69, 9.17) is 4.74 Å². The molecule has 116 valence electrons. The summed E-state index contributed by atoms with van der Waals surface area (Å²) in [7, 11) is 0. The lowest BCUT2D eigenvalue weighted by Gasteiger charge is -2.20. The lowest BCUT2D eigenvalue weighted by atomic mass is 10.0. The second kappa shape index (κ2) is 5.81. The van der Waals surface area contributed by atoms with Crippen LogP contribution in [0.3, 0.4) is 0 Å². The number of carbonyl (C=O) groups is 1. The van der Waals surface area contributed by atoms with Crippen LogP contribution in [-0.4, -0.2) is 32.9 Å². The molecule has 0 aromatic carbocycles. The van der Waals surface area contributed by atoms with E-state index in [2.05, 4.69) is 15.3 Å². The van der Waals surface area contributed by atoms with Gasteiger partial charge in [-0.25, -0.2) is 4.98 Å². The van der Waals surface area contributed by atoms with Gasteiger partial charge in [0.05, 0.1) is 24.1 Å². The molecular weight excluding hydrogens is 292 g/mol. The Bertz CT molecular complexity index is 831. The normalized spacial score (nSPS) is 20.7. The molecule has 6 nitrogen and oxygen atoms in total. The first kappa shape index (κ1) is 13.9. The molecule has 1 fully saturated rings. The molecule has 0 saturated carbocycles. The summed E-state index contributed by atoms with van der Waals surface area (Å²) >= 11 is 0. The molecule has 1 aliphatic heterocycles. The number of nitrogens with one attached hydrogen (secondary N) is 1. The molecule has 1 N–H and O–H groups in total. The zero-order chi connectivity index (χ0) is 15.6. The molecule has 1 amide bonds. The van der Waals surface area contributed by atoms with Crippen molar-refractivity contribution >= 4 is 11.4 Å².